The molecule has 0 bridgehead atoms. The lowest BCUT2D eigenvalue weighted by molar-refractivity contribution is 0.396. The number of benzene rings is 1. The van der Waals surface area contributed by atoms with Crippen LogP contribution in [0.5, 0.6) is 11.5 Å². The van der Waals surface area contributed by atoms with Crippen LogP contribution in [0.4, 0.5) is 0 Å². The monoisotopic (exact) mass is 343 g/mol. The molecule has 0 aliphatic carbocycles. The van der Waals surface area contributed by atoms with Crippen molar-refractivity contribution in [2.24, 2.45) is 0 Å². The standard InChI is InChI=1S/C16H26BrNO2/c1-12(2)18-9-7-5-6-8-13-10-16(20-4)14(17)11-15(13)19-3/h10-12,18H,5-9H2,1-4H3. The van der Waals surface area contributed by atoms with Crippen molar-refractivity contribution in [3.63, 3.8) is 0 Å². The first-order valence-electron chi connectivity index (χ1n) is 7.22. The summed E-state index contributed by atoms with van der Waals surface area (Å²) in [5.41, 5.74) is 1.21. The number of methoxy groups -OCH3 is 2. The maximum Gasteiger partial charge on any atom is 0.133 e. The van der Waals surface area contributed by atoms with Crippen LogP contribution < -0.4 is 14.8 Å². The predicted octanol–water partition coefficient (Wildman–Crippen LogP) is 4.18. The van der Waals surface area contributed by atoms with Crippen molar-refractivity contribution in [3.05, 3.63) is 22.2 Å². The molecule has 0 unspecified atom stereocenters. The van der Waals surface area contributed by atoms with E-state index in [0.717, 1.165) is 28.9 Å². The van der Waals surface area contributed by atoms with Crippen molar-refractivity contribution in [2.75, 3.05) is 20.8 Å². The molecule has 0 aliphatic heterocycles. The van der Waals surface area contributed by atoms with Gasteiger partial charge in [0.15, 0.2) is 0 Å². The number of unbranched alkanes of at least 4 members (excludes halogenated alkanes) is 2. The Morgan fingerprint density at radius 3 is 2.35 bits per heavy atom. The van der Waals surface area contributed by atoms with Crippen LogP contribution in [-0.2, 0) is 6.42 Å². The van der Waals surface area contributed by atoms with E-state index in [2.05, 4.69) is 41.2 Å². The molecule has 0 atom stereocenters. The zero-order chi connectivity index (χ0) is 15.0. The van der Waals surface area contributed by atoms with Crippen LogP contribution in [0.15, 0.2) is 16.6 Å². The van der Waals surface area contributed by atoms with Crippen molar-refractivity contribution in [1.82, 2.24) is 5.32 Å². The van der Waals surface area contributed by atoms with Gasteiger partial charge in [0.25, 0.3) is 0 Å². The molecule has 3 nitrogen and oxygen atoms in total. The summed E-state index contributed by atoms with van der Waals surface area (Å²) >= 11 is 3.48. The molecule has 20 heavy (non-hydrogen) atoms. The number of ether oxygens (including phenoxy) is 2. The fourth-order valence-electron chi connectivity index (χ4n) is 2.13. The third kappa shape index (κ3) is 5.71. The van der Waals surface area contributed by atoms with E-state index in [4.69, 9.17) is 9.47 Å². The molecule has 0 aliphatic rings. The molecule has 1 aromatic carbocycles. The number of rotatable bonds is 9. The van der Waals surface area contributed by atoms with Crippen LogP contribution in [0.2, 0.25) is 0 Å². The van der Waals surface area contributed by atoms with Gasteiger partial charge in [0.1, 0.15) is 11.5 Å². The lowest BCUT2D eigenvalue weighted by Gasteiger charge is -2.12. The summed E-state index contributed by atoms with van der Waals surface area (Å²) in [5.74, 6) is 1.79. The van der Waals surface area contributed by atoms with Crippen LogP contribution in [0.3, 0.4) is 0 Å². The van der Waals surface area contributed by atoms with E-state index in [9.17, 15) is 0 Å². The first-order valence-corrected chi connectivity index (χ1v) is 8.01. The average Bonchev–Trinajstić information content (AvgIpc) is 2.43. The highest BCUT2D eigenvalue weighted by Gasteiger charge is 2.09. The van der Waals surface area contributed by atoms with Gasteiger partial charge < -0.3 is 14.8 Å². The topological polar surface area (TPSA) is 30.5 Å². The molecular weight excluding hydrogens is 318 g/mol. The predicted molar refractivity (Wildman–Crippen MR) is 87.9 cm³/mol. The zero-order valence-electron chi connectivity index (χ0n) is 13.0. The van der Waals surface area contributed by atoms with Gasteiger partial charge in [-0.15, -0.1) is 0 Å². The third-order valence-electron chi connectivity index (χ3n) is 3.23. The first-order chi connectivity index (χ1) is 9.58. The molecule has 1 aromatic rings. The SMILES string of the molecule is COc1cc(CCCCCNC(C)C)c(OC)cc1Br. The number of hydrogen-bond donors (Lipinski definition) is 1. The molecule has 0 aromatic heterocycles. The van der Waals surface area contributed by atoms with E-state index >= 15 is 0 Å². The highest BCUT2D eigenvalue weighted by Crippen LogP contribution is 2.33. The van der Waals surface area contributed by atoms with E-state index < -0.39 is 0 Å². The normalized spacial score (nSPS) is 10.9. The van der Waals surface area contributed by atoms with Crippen LogP contribution in [0, 0.1) is 0 Å². The minimum Gasteiger partial charge on any atom is -0.496 e. The molecule has 114 valence electrons. The van der Waals surface area contributed by atoms with E-state index in [0.29, 0.717) is 6.04 Å². The van der Waals surface area contributed by atoms with Gasteiger partial charge in [0, 0.05) is 6.04 Å². The Kier molecular flexibility index (Phi) is 8.00. The first kappa shape index (κ1) is 17.3. The highest BCUT2D eigenvalue weighted by atomic mass is 79.9. The Balaban J connectivity index is 2.46. The molecule has 0 heterocycles. The Hall–Kier alpha value is -0.740. The van der Waals surface area contributed by atoms with Gasteiger partial charge in [0.2, 0.25) is 0 Å². The number of hydrogen-bond acceptors (Lipinski definition) is 3. The van der Waals surface area contributed by atoms with Crippen molar-refractivity contribution < 1.29 is 9.47 Å². The molecule has 0 amide bonds. The van der Waals surface area contributed by atoms with Gasteiger partial charge in [-0.3, -0.25) is 0 Å². The van der Waals surface area contributed by atoms with Crippen molar-refractivity contribution in [1.29, 1.82) is 0 Å². The smallest absolute Gasteiger partial charge is 0.133 e. The fourth-order valence-corrected chi connectivity index (χ4v) is 2.61. The molecule has 0 fully saturated rings. The van der Waals surface area contributed by atoms with Gasteiger partial charge in [-0.05, 0) is 59.4 Å². The summed E-state index contributed by atoms with van der Waals surface area (Å²) in [6.07, 6.45) is 4.63. The minimum atomic E-state index is 0.575. The fraction of sp³-hybridized carbons (Fsp3) is 0.625. The maximum atomic E-state index is 5.44. The maximum absolute atomic E-state index is 5.44. The Labute approximate surface area is 131 Å². The summed E-state index contributed by atoms with van der Waals surface area (Å²) in [7, 11) is 3.40. The lowest BCUT2D eigenvalue weighted by atomic mass is 10.1. The summed E-state index contributed by atoms with van der Waals surface area (Å²) in [5, 5.41) is 3.44. The van der Waals surface area contributed by atoms with Gasteiger partial charge in [-0.1, -0.05) is 20.3 Å². The second kappa shape index (κ2) is 9.24. The molecule has 0 radical (unpaired) electrons. The zero-order valence-corrected chi connectivity index (χ0v) is 14.5. The largest absolute Gasteiger partial charge is 0.496 e. The van der Waals surface area contributed by atoms with Crippen molar-refractivity contribution in [3.8, 4) is 11.5 Å². The Morgan fingerprint density at radius 2 is 1.75 bits per heavy atom. The van der Waals surface area contributed by atoms with Crippen LogP contribution in [0.25, 0.3) is 0 Å². The molecule has 0 saturated carbocycles. The summed E-state index contributed by atoms with van der Waals surface area (Å²) in [4.78, 5) is 0. The highest BCUT2D eigenvalue weighted by molar-refractivity contribution is 9.10. The van der Waals surface area contributed by atoms with Crippen LogP contribution in [0.1, 0.15) is 38.7 Å². The van der Waals surface area contributed by atoms with E-state index in [-0.39, 0.29) is 0 Å². The second-order valence-corrected chi connectivity index (χ2v) is 6.07. The molecule has 4 heteroatoms. The van der Waals surface area contributed by atoms with Gasteiger partial charge in [-0.25, -0.2) is 0 Å². The Bertz CT molecular complexity index is 408. The number of halogens is 1. The van der Waals surface area contributed by atoms with Gasteiger partial charge >= 0.3 is 0 Å². The molecule has 1 rings (SSSR count). The van der Waals surface area contributed by atoms with Gasteiger partial charge in [0.05, 0.1) is 18.7 Å². The number of nitrogens with one attached hydrogen (secondary N) is 1. The second-order valence-electron chi connectivity index (χ2n) is 5.22. The Morgan fingerprint density at radius 1 is 1.05 bits per heavy atom. The third-order valence-corrected chi connectivity index (χ3v) is 3.85. The molecule has 0 saturated heterocycles. The van der Waals surface area contributed by atoms with E-state index in [1.807, 2.05) is 6.07 Å². The molecule has 1 N–H and O–H groups in total. The van der Waals surface area contributed by atoms with Gasteiger partial charge in [-0.2, -0.15) is 0 Å². The van der Waals surface area contributed by atoms with Crippen molar-refractivity contribution >= 4 is 15.9 Å². The number of aryl methyl sites for hydroxylation is 1. The van der Waals surface area contributed by atoms with E-state index in [1.54, 1.807) is 14.2 Å². The summed E-state index contributed by atoms with van der Waals surface area (Å²) < 4.78 is 11.7. The van der Waals surface area contributed by atoms with Crippen LogP contribution >= 0.6 is 15.9 Å². The minimum absolute atomic E-state index is 0.575. The average molecular weight is 344 g/mol. The quantitative estimate of drug-likeness (QED) is 0.682. The lowest BCUT2D eigenvalue weighted by Crippen LogP contribution is -2.23. The van der Waals surface area contributed by atoms with Crippen LogP contribution in [-0.4, -0.2) is 26.8 Å². The van der Waals surface area contributed by atoms with Crippen molar-refractivity contribution in [2.45, 2.75) is 45.6 Å². The van der Waals surface area contributed by atoms with E-state index in [1.165, 1.54) is 24.8 Å². The molecular formula is C16H26BrNO2. The summed E-state index contributed by atoms with van der Waals surface area (Å²) in [6.45, 7) is 5.45. The summed E-state index contributed by atoms with van der Waals surface area (Å²) in [6, 6.07) is 4.62. The molecule has 0 spiro atoms.